The lowest BCUT2D eigenvalue weighted by Crippen LogP contribution is -2.56. The predicted molar refractivity (Wildman–Crippen MR) is 97.5 cm³/mol. The van der Waals surface area contributed by atoms with Gasteiger partial charge in [-0.25, -0.2) is 0 Å². The van der Waals surface area contributed by atoms with E-state index < -0.39 is 0 Å². The van der Waals surface area contributed by atoms with Crippen LogP contribution in [0.5, 0.6) is 0 Å². The fourth-order valence-electron chi connectivity index (χ4n) is 3.84. The predicted octanol–water partition coefficient (Wildman–Crippen LogP) is 3.75. The van der Waals surface area contributed by atoms with Gasteiger partial charge < -0.3 is 10.6 Å². The number of nitrogens with one attached hydrogen (secondary N) is 2. The van der Waals surface area contributed by atoms with Gasteiger partial charge in [0, 0.05) is 29.8 Å². The van der Waals surface area contributed by atoms with Gasteiger partial charge >= 0.3 is 0 Å². The molecule has 2 N–H and O–H groups in total. The van der Waals surface area contributed by atoms with Crippen molar-refractivity contribution in [3.05, 3.63) is 29.3 Å². The van der Waals surface area contributed by atoms with Crippen LogP contribution in [0.15, 0.2) is 24.3 Å². The molecule has 3 aliphatic heterocycles. The summed E-state index contributed by atoms with van der Waals surface area (Å²) in [7, 11) is 0. The zero-order valence-electron chi connectivity index (χ0n) is 13.0. The van der Waals surface area contributed by atoms with Crippen molar-refractivity contribution in [1.29, 1.82) is 0 Å². The van der Waals surface area contributed by atoms with Gasteiger partial charge in [0.1, 0.15) is 0 Å². The highest BCUT2D eigenvalue weighted by atomic mass is 35.5. The number of hydrogen-bond donors (Lipinski definition) is 2. The van der Waals surface area contributed by atoms with Crippen LogP contribution in [0.2, 0.25) is 5.02 Å². The minimum Gasteiger partial charge on any atom is -0.361 e. The first kappa shape index (κ1) is 16.0. The number of thiocarbonyl (C=S) groups is 1. The SMILES string of the molecule is CCC1CN2CCC1CC2CNC(=S)Nc1ccc(Cl)cc1. The summed E-state index contributed by atoms with van der Waals surface area (Å²) in [6.07, 6.45) is 4.01. The van der Waals surface area contributed by atoms with Gasteiger partial charge in [-0.2, -0.15) is 0 Å². The summed E-state index contributed by atoms with van der Waals surface area (Å²) >= 11 is 11.3. The van der Waals surface area contributed by atoms with Gasteiger partial charge in [-0.1, -0.05) is 24.9 Å². The van der Waals surface area contributed by atoms with E-state index in [9.17, 15) is 0 Å². The molecule has 0 radical (unpaired) electrons. The zero-order valence-corrected chi connectivity index (χ0v) is 14.6. The number of benzene rings is 1. The van der Waals surface area contributed by atoms with Gasteiger partial charge in [0.2, 0.25) is 0 Å². The molecule has 3 nitrogen and oxygen atoms in total. The van der Waals surface area contributed by atoms with Crippen LogP contribution in [-0.4, -0.2) is 35.7 Å². The summed E-state index contributed by atoms with van der Waals surface area (Å²) in [6.45, 7) is 5.78. The number of piperidine rings is 3. The van der Waals surface area contributed by atoms with E-state index in [1.165, 1.54) is 32.4 Å². The second-order valence-corrected chi connectivity index (χ2v) is 7.29. The van der Waals surface area contributed by atoms with Crippen molar-refractivity contribution >= 4 is 34.6 Å². The van der Waals surface area contributed by atoms with Crippen molar-refractivity contribution in [3.8, 4) is 0 Å². The highest BCUT2D eigenvalue weighted by molar-refractivity contribution is 7.80. The van der Waals surface area contributed by atoms with Crippen LogP contribution in [0.3, 0.4) is 0 Å². The summed E-state index contributed by atoms with van der Waals surface area (Å²) in [4.78, 5) is 2.64. The number of anilines is 1. The first-order valence-electron chi connectivity index (χ1n) is 8.20. The molecule has 1 aromatic carbocycles. The molecule has 1 aromatic rings. The normalized spacial score (nSPS) is 30.1. The Morgan fingerprint density at radius 1 is 1.36 bits per heavy atom. The smallest absolute Gasteiger partial charge is 0.170 e. The van der Waals surface area contributed by atoms with Crippen LogP contribution in [0.25, 0.3) is 0 Å². The molecule has 0 saturated carbocycles. The molecule has 3 aliphatic rings. The largest absolute Gasteiger partial charge is 0.361 e. The third-order valence-corrected chi connectivity index (χ3v) is 5.64. The number of fused-ring (bicyclic) bond motifs is 3. The molecule has 0 aliphatic carbocycles. The molecule has 4 atom stereocenters. The van der Waals surface area contributed by atoms with Gasteiger partial charge in [0.15, 0.2) is 5.11 Å². The first-order valence-corrected chi connectivity index (χ1v) is 8.98. The van der Waals surface area contributed by atoms with Gasteiger partial charge in [0.25, 0.3) is 0 Å². The van der Waals surface area contributed by atoms with Crippen molar-refractivity contribution in [2.75, 3.05) is 25.0 Å². The summed E-state index contributed by atoms with van der Waals surface area (Å²) in [5, 5.41) is 8.02. The summed E-state index contributed by atoms with van der Waals surface area (Å²) in [6, 6.07) is 8.24. The lowest BCUT2D eigenvalue weighted by Gasteiger charge is -2.50. The van der Waals surface area contributed by atoms with Crippen LogP contribution in [-0.2, 0) is 0 Å². The van der Waals surface area contributed by atoms with E-state index in [1.54, 1.807) is 0 Å². The molecule has 4 rings (SSSR count). The molecule has 0 amide bonds. The third-order valence-electron chi connectivity index (χ3n) is 5.14. The number of halogens is 1. The Balaban J connectivity index is 1.47. The van der Waals surface area contributed by atoms with E-state index in [-0.39, 0.29) is 0 Å². The monoisotopic (exact) mass is 337 g/mol. The molecule has 120 valence electrons. The molecule has 4 unspecified atom stereocenters. The van der Waals surface area contributed by atoms with E-state index in [1.807, 2.05) is 24.3 Å². The lowest BCUT2D eigenvalue weighted by atomic mass is 9.74. The average Bonchev–Trinajstić information content (AvgIpc) is 2.55. The second kappa shape index (κ2) is 7.16. The number of nitrogens with zero attached hydrogens (tertiary/aromatic N) is 1. The summed E-state index contributed by atoms with van der Waals surface area (Å²) < 4.78 is 0. The van der Waals surface area contributed by atoms with E-state index in [4.69, 9.17) is 23.8 Å². The topological polar surface area (TPSA) is 27.3 Å². The van der Waals surface area contributed by atoms with Gasteiger partial charge in [0.05, 0.1) is 0 Å². The highest BCUT2D eigenvalue weighted by Gasteiger charge is 2.38. The maximum Gasteiger partial charge on any atom is 0.170 e. The second-order valence-electron chi connectivity index (χ2n) is 6.44. The minimum atomic E-state index is 0.631. The van der Waals surface area contributed by atoms with Gasteiger partial charge in [-0.05, 0) is 67.7 Å². The Morgan fingerprint density at radius 2 is 2.14 bits per heavy atom. The minimum absolute atomic E-state index is 0.631. The van der Waals surface area contributed by atoms with E-state index >= 15 is 0 Å². The molecule has 3 heterocycles. The number of rotatable bonds is 4. The fraction of sp³-hybridized carbons (Fsp3) is 0.588. The Bertz CT molecular complexity index is 519. The molecule has 0 spiro atoms. The van der Waals surface area contributed by atoms with Crippen LogP contribution in [0.4, 0.5) is 5.69 Å². The van der Waals surface area contributed by atoms with Crippen LogP contribution < -0.4 is 10.6 Å². The quantitative estimate of drug-likeness (QED) is 0.818. The Hall–Kier alpha value is -0.840. The molecular formula is C17H24ClN3S. The van der Waals surface area contributed by atoms with Crippen LogP contribution in [0.1, 0.15) is 26.2 Å². The van der Waals surface area contributed by atoms with Gasteiger partial charge in [-0.3, -0.25) is 4.90 Å². The molecule has 3 fully saturated rings. The molecular weight excluding hydrogens is 314 g/mol. The Kier molecular flexibility index (Phi) is 5.21. The molecule has 0 aromatic heterocycles. The highest BCUT2D eigenvalue weighted by Crippen LogP contribution is 2.37. The van der Waals surface area contributed by atoms with E-state index in [2.05, 4.69) is 22.5 Å². The zero-order chi connectivity index (χ0) is 15.5. The maximum absolute atomic E-state index is 5.89. The number of hydrogen-bond acceptors (Lipinski definition) is 2. The standard InChI is InChI=1S/C17H24ClN3S/c1-2-12-11-21-8-7-13(12)9-16(21)10-19-17(22)20-15-5-3-14(18)4-6-15/h3-6,12-13,16H,2,7-11H2,1H3,(H2,19,20,22). The first-order chi connectivity index (χ1) is 10.7. The van der Waals surface area contributed by atoms with Crippen molar-refractivity contribution in [3.63, 3.8) is 0 Å². The molecule has 3 saturated heterocycles. The maximum atomic E-state index is 5.89. The van der Waals surface area contributed by atoms with Crippen LogP contribution >= 0.6 is 23.8 Å². The van der Waals surface area contributed by atoms with Gasteiger partial charge in [-0.15, -0.1) is 0 Å². The van der Waals surface area contributed by atoms with E-state index in [0.29, 0.717) is 11.2 Å². The average molecular weight is 338 g/mol. The van der Waals surface area contributed by atoms with Crippen molar-refractivity contribution in [2.45, 2.75) is 32.2 Å². The molecule has 22 heavy (non-hydrogen) atoms. The Labute approximate surface area is 143 Å². The molecule has 2 bridgehead atoms. The Morgan fingerprint density at radius 3 is 2.77 bits per heavy atom. The van der Waals surface area contributed by atoms with Crippen LogP contribution in [0, 0.1) is 11.8 Å². The van der Waals surface area contributed by atoms with E-state index in [0.717, 1.165) is 29.1 Å². The van der Waals surface area contributed by atoms with Crippen molar-refractivity contribution in [1.82, 2.24) is 10.2 Å². The van der Waals surface area contributed by atoms with Crippen molar-refractivity contribution < 1.29 is 0 Å². The summed E-state index contributed by atoms with van der Waals surface area (Å²) in [5.74, 6) is 1.82. The molecule has 5 heteroatoms. The summed E-state index contributed by atoms with van der Waals surface area (Å²) in [5.41, 5.74) is 0.971. The lowest BCUT2D eigenvalue weighted by molar-refractivity contribution is 0.00212. The third kappa shape index (κ3) is 3.73. The fourth-order valence-corrected chi connectivity index (χ4v) is 4.17. The van der Waals surface area contributed by atoms with Crippen molar-refractivity contribution in [2.24, 2.45) is 11.8 Å².